The normalized spacial score (nSPS) is 10.7. The molecule has 2 aromatic rings. The molecule has 0 aliphatic carbocycles. The molecule has 0 amide bonds. The topological polar surface area (TPSA) is 79.3 Å². The highest BCUT2D eigenvalue weighted by atomic mass is 32.2. The van der Waals surface area contributed by atoms with Gasteiger partial charge in [0.05, 0.1) is 0 Å². The van der Waals surface area contributed by atoms with Gasteiger partial charge < -0.3 is 5.11 Å². The SMILES string of the molecule is Cc1ccc(S(=O)(=O)Nc2nccs2)c(C#CCO)c1. The van der Waals surface area contributed by atoms with Gasteiger partial charge in [0.2, 0.25) is 0 Å². The molecule has 104 valence electrons. The highest BCUT2D eigenvalue weighted by Crippen LogP contribution is 2.21. The van der Waals surface area contributed by atoms with E-state index >= 15 is 0 Å². The summed E-state index contributed by atoms with van der Waals surface area (Å²) < 4.78 is 27.0. The molecule has 20 heavy (non-hydrogen) atoms. The molecule has 2 rings (SSSR count). The number of aromatic nitrogens is 1. The number of aliphatic hydroxyl groups is 1. The van der Waals surface area contributed by atoms with E-state index in [0.717, 1.165) is 5.56 Å². The number of hydrogen-bond donors (Lipinski definition) is 2. The maximum absolute atomic E-state index is 12.3. The van der Waals surface area contributed by atoms with Crippen molar-refractivity contribution in [1.29, 1.82) is 0 Å². The van der Waals surface area contributed by atoms with Gasteiger partial charge in [-0.3, -0.25) is 4.72 Å². The van der Waals surface area contributed by atoms with Crippen molar-refractivity contribution in [2.24, 2.45) is 0 Å². The molecular weight excluding hydrogens is 296 g/mol. The van der Waals surface area contributed by atoms with E-state index in [1.807, 2.05) is 6.92 Å². The molecule has 7 heteroatoms. The van der Waals surface area contributed by atoms with Gasteiger partial charge in [-0.05, 0) is 24.6 Å². The van der Waals surface area contributed by atoms with Crippen molar-refractivity contribution in [2.45, 2.75) is 11.8 Å². The van der Waals surface area contributed by atoms with Gasteiger partial charge in [-0.25, -0.2) is 13.4 Å². The number of nitrogens with one attached hydrogen (secondary N) is 1. The Morgan fingerprint density at radius 2 is 2.25 bits per heavy atom. The van der Waals surface area contributed by atoms with E-state index in [1.54, 1.807) is 17.5 Å². The molecule has 2 N–H and O–H groups in total. The highest BCUT2D eigenvalue weighted by Gasteiger charge is 2.19. The van der Waals surface area contributed by atoms with Crippen LogP contribution in [-0.2, 0) is 10.0 Å². The van der Waals surface area contributed by atoms with E-state index in [9.17, 15) is 8.42 Å². The van der Waals surface area contributed by atoms with Crippen LogP contribution in [0.15, 0.2) is 34.7 Å². The van der Waals surface area contributed by atoms with Gasteiger partial charge >= 0.3 is 0 Å². The molecule has 0 unspecified atom stereocenters. The van der Waals surface area contributed by atoms with Gasteiger partial charge in [0, 0.05) is 17.1 Å². The lowest BCUT2D eigenvalue weighted by Crippen LogP contribution is -2.14. The van der Waals surface area contributed by atoms with Crippen LogP contribution >= 0.6 is 11.3 Å². The van der Waals surface area contributed by atoms with E-state index in [4.69, 9.17) is 5.11 Å². The lowest BCUT2D eigenvalue weighted by molar-refractivity contribution is 0.350. The fraction of sp³-hybridized carbons (Fsp3) is 0.154. The molecule has 0 radical (unpaired) electrons. The number of hydrogen-bond acceptors (Lipinski definition) is 5. The summed E-state index contributed by atoms with van der Waals surface area (Å²) in [7, 11) is -3.75. The van der Waals surface area contributed by atoms with E-state index in [2.05, 4.69) is 21.5 Å². The Kier molecular flexibility index (Phi) is 4.39. The van der Waals surface area contributed by atoms with Crippen LogP contribution in [-0.4, -0.2) is 25.1 Å². The monoisotopic (exact) mass is 308 g/mol. The van der Waals surface area contributed by atoms with Crippen molar-refractivity contribution in [1.82, 2.24) is 4.98 Å². The lowest BCUT2D eigenvalue weighted by Gasteiger charge is -2.08. The first-order valence-corrected chi connectivity index (χ1v) is 8.02. The zero-order chi connectivity index (χ0) is 14.6. The zero-order valence-electron chi connectivity index (χ0n) is 10.6. The molecule has 0 fully saturated rings. The molecule has 5 nitrogen and oxygen atoms in total. The summed E-state index contributed by atoms with van der Waals surface area (Å²) in [6.45, 7) is 1.52. The molecule has 0 saturated heterocycles. The number of rotatable bonds is 3. The molecule has 0 spiro atoms. The molecule has 1 aromatic carbocycles. The predicted molar refractivity (Wildman–Crippen MR) is 78.1 cm³/mol. The fourth-order valence-corrected chi connectivity index (χ4v) is 3.49. The van der Waals surface area contributed by atoms with E-state index in [-0.39, 0.29) is 11.5 Å². The molecule has 0 atom stereocenters. The van der Waals surface area contributed by atoms with E-state index in [0.29, 0.717) is 10.7 Å². The van der Waals surface area contributed by atoms with Gasteiger partial charge in [0.15, 0.2) is 5.13 Å². The van der Waals surface area contributed by atoms with Crippen LogP contribution in [0.4, 0.5) is 5.13 Å². The van der Waals surface area contributed by atoms with Crippen LogP contribution in [0.1, 0.15) is 11.1 Å². The number of anilines is 1. The average Bonchev–Trinajstić information content (AvgIpc) is 2.88. The smallest absolute Gasteiger partial charge is 0.264 e. The van der Waals surface area contributed by atoms with E-state index < -0.39 is 10.0 Å². The van der Waals surface area contributed by atoms with Crippen LogP contribution in [0, 0.1) is 18.8 Å². The van der Waals surface area contributed by atoms with Crippen molar-refractivity contribution in [3.63, 3.8) is 0 Å². The van der Waals surface area contributed by atoms with Gasteiger partial charge in [-0.1, -0.05) is 17.9 Å². The quantitative estimate of drug-likeness (QED) is 0.844. The third kappa shape index (κ3) is 3.36. The molecule has 0 aliphatic heterocycles. The molecule has 1 heterocycles. The number of benzene rings is 1. The molecular formula is C13H12N2O3S2. The molecule has 0 saturated carbocycles. The maximum atomic E-state index is 12.3. The summed E-state index contributed by atoms with van der Waals surface area (Å²) in [5.74, 6) is 5.12. The Hall–Kier alpha value is -1.88. The van der Waals surface area contributed by atoms with E-state index in [1.165, 1.54) is 23.6 Å². The van der Waals surface area contributed by atoms with Gasteiger partial charge in [-0.15, -0.1) is 11.3 Å². The first kappa shape index (κ1) is 14.5. The number of nitrogens with zero attached hydrogens (tertiary/aromatic N) is 1. The van der Waals surface area contributed by atoms with Gasteiger partial charge in [0.1, 0.15) is 11.5 Å². The Labute approximate surface area is 121 Å². The van der Waals surface area contributed by atoms with Crippen LogP contribution in [0.2, 0.25) is 0 Å². The second-order valence-electron chi connectivity index (χ2n) is 3.90. The second-order valence-corrected chi connectivity index (χ2v) is 6.45. The maximum Gasteiger partial charge on any atom is 0.264 e. The Morgan fingerprint density at radius 3 is 2.90 bits per heavy atom. The summed E-state index contributed by atoms with van der Waals surface area (Å²) in [4.78, 5) is 3.96. The molecule has 0 aliphatic rings. The standard InChI is InChI=1S/C13H12N2O3S2/c1-10-4-5-12(11(9-10)3-2-7-16)20(17,18)15-13-14-6-8-19-13/h4-6,8-9,16H,7H2,1H3,(H,14,15). The molecule has 1 aromatic heterocycles. The summed E-state index contributed by atoms with van der Waals surface area (Å²) in [6.07, 6.45) is 1.52. The van der Waals surface area contributed by atoms with Crippen molar-refractivity contribution in [3.05, 3.63) is 40.9 Å². The Morgan fingerprint density at radius 1 is 1.45 bits per heavy atom. The Bertz CT molecular complexity index is 757. The third-order valence-corrected chi connectivity index (χ3v) is 4.60. The van der Waals surface area contributed by atoms with Crippen LogP contribution < -0.4 is 4.72 Å². The van der Waals surface area contributed by atoms with Crippen molar-refractivity contribution in [3.8, 4) is 11.8 Å². The fourth-order valence-electron chi connectivity index (χ4n) is 1.55. The van der Waals surface area contributed by atoms with Crippen molar-refractivity contribution < 1.29 is 13.5 Å². The number of aryl methyl sites for hydroxylation is 1. The minimum Gasteiger partial charge on any atom is -0.384 e. The molecule has 0 bridgehead atoms. The summed E-state index contributed by atoms with van der Waals surface area (Å²) in [5.41, 5.74) is 1.24. The zero-order valence-corrected chi connectivity index (χ0v) is 12.3. The van der Waals surface area contributed by atoms with Crippen LogP contribution in [0.5, 0.6) is 0 Å². The minimum atomic E-state index is -3.75. The predicted octanol–water partition coefficient (Wildman–Crippen LogP) is 1.60. The van der Waals surface area contributed by atoms with Gasteiger partial charge in [0.25, 0.3) is 10.0 Å². The Balaban J connectivity index is 2.45. The highest BCUT2D eigenvalue weighted by molar-refractivity contribution is 7.93. The summed E-state index contributed by atoms with van der Waals surface area (Å²) >= 11 is 1.19. The lowest BCUT2D eigenvalue weighted by atomic mass is 10.1. The van der Waals surface area contributed by atoms with Gasteiger partial charge in [-0.2, -0.15) is 0 Å². The van der Waals surface area contributed by atoms with Crippen molar-refractivity contribution in [2.75, 3.05) is 11.3 Å². The number of aliphatic hydroxyl groups excluding tert-OH is 1. The first-order chi connectivity index (χ1) is 9.53. The first-order valence-electron chi connectivity index (χ1n) is 5.65. The minimum absolute atomic E-state index is 0.0688. The number of thiazole rings is 1. The largest absolute Gasteiger partial charge is 0.384 e. The third-order valence-electron chi connectivity index (χ3n) is 2.38. The summed E-state index contributed by atoms with van der Waals surface area (Å²) in [5, 5.41) is 10.7. The second kappa shape index (κ2) is 6.05. The van der Waals surface area contributed by atoms with Crippen LogP contribution in [0.3, 0.4) is 0 Å². The van der Waals surface area contributed by atoms with Crippen LogP contribution in [0.25, 0.3) is 0 Å². The van der Waals surface area contributed by atoms with Crippen molar-refractivity contribution >= 4 is 26.5 Å². The summed E-state index contributed by atoms with van der Waals surface area (Å²) in [6, 6.07) is 4.85. The number of sulfonamides is 1. The average molecular weight is 308 g/mol.